The molecule has 10 atom stereocenters. The topological polar surface area (TPSA) is 106 Å². The van der Waals surface area contributed by atoms with Gasteiger partial charge in [0.1, 0.15) is 42.7 Å². The van der Waals surface area contributed by atoms with E-state index in [0.717, 1.165) is 27.8 Å². The predicted molar refractivity (Wildman–Crippen MR) is 231 cm³/mol. The molecule has 10 nitrogen and oxygen atoms in total. The van der Waals surface area contributed by atoms with Gasteiger partial charge < -0.3 is 48.3 Å². The molecule has 0 amide bonds. The van der Waals surface area contributed by atoms with Crippen molar-refractivity contribution in [1.82, 2.24) is 5.32 Å². The highest BCUT2D eigenvalue weighted by Crippen LogP contribution is 2.40. The van der Waals surface area contributed by atoms with E-state index < -0.39 is 60.7 Å². The quantitative estimate of drug-likeness (QED) is 0.0867. The van der Waals surface area contributed by atoms with Gasteiger partial charge in [0.25, 0.3) is 0 Å². The van der Waals surface area contributed by atoms with E-state index in [9.17, 15) is 5.11 Å². The summed E-state index contributed by atoms with van der Waals surface area (Å²) < 4.78 is 54.6. The van der Waals surface area contributed by atoms with Crippen LogP contribution < -0.4 is 5.32 Å². The standard InChI is InChI=1S/C51H59NO9/c1-51(2)60-46-42(29-53)52-41(45(50(46)61-51)55-31-37-20-10-4-11-21-37)28-43-47(56-32-38-22-12-5-13-23-38)49(58-34-40-26-16-7-17-27-40)48(57-33-39-24-14-6-15-25-39)44(59-43)35-54-30-36-18-8-3-9-19-36/h3-27,41-50,52-53H,28-35H2,1-2H3/t41-,42+,43+,44+,45-,46-,47+,48+,49+,50+/m0/s1. The van der Waals surface area contributed by atoms with Gasteiger partial charge in [-0.25, -0.2) is 0 Å². The van der Waals surface area contributed by atoms with Gasteiger partial charge in [-0.2, -0.15) is 0 Å². The van der Waals surface area contributed by atoms with Crippen molar-refractivity contribution in [2.24, 2.45) is 0 Å². The number of hydrogen-bond donors (Lipinski definition) is 2. The van der Waals surface area contributed by atoms with Crippen molar-refractivity contribution in [1.29, 1.82) is 0 Å². The lowest BCUT2D eigenvalue weighted by Gasteiger charge is -2.49. The fourth-order valence-corrected chi connectivity index (χ4v) is 8.74. The maximum absolute atomic E-state index is 10.8. The molecule has 322 valence electrons. The summed E-state index contributed by atoms with van der Waals surface area (Å²) in [6.45, 7) is 5.72. The van der Waals surface area contributed by atoms with Gasteiger partial charge in [0.15, 0.2) is 5.79 Å². The molecule has 3 aliphatic rings. The second-order valence-electron chi connectivity index (χ2n) is 16.6. The smallest absolute Gasteiger partial charge is 0.163 e. The first-order valence-corrected chi connectivity index (χ1v) is 21.5. The van der Waals surface area contributed by atoms with Crippen LogP contribution in [0.5, 0.6) is 0 Å². The summed E-state index contributed by atoms with van der Waals surface area (Å²) in [4.78, 5) is 0. The van der Waals surface area contributed by atoms with Crippen molar-refractivity contribution in [2.45, 2.75) is 120 Å². The van der Waals surface area contributed by atoms with Gasteiger partial charge in [0, 0.05) is 6.04 Å². The van der Waals surface area contributed by atoms with E-state index in [4.69, 9.17) is 37.9 Å². The number of ether oxygens (including phenoxy) is 8. The number of rotatable bonds is 19. The zero-order valence-corrected chi connectivity index (χ0v) is 35.1. The number of hydrogen-bond acceptors (Lipinski definition) is 10. The van der Waals surface area contributed by atoms with Crippen molar-refractivity contribution < 1.29 is 43.0 Å². The van der Waals surface area contributed by atoms with Gasteiger partial charge in [-0.1, -0.05) is 152 Å². The summed E-state index contributed by atoms with van der Waals surface area (Å²) in [7, 11) is 0. The highest BCUT2D eigenvalue weighted by Gasteiger charge is 2.56. The lowest BCUT2D eigenvalue weighted by molar-refractivity contribution is -0.276. The van der Waals surface area contributed by atoms with Crippen LogP contribution in [-0.2, 0) is 70.9 Å². The van der Waals surface area contributed by atoms with E-state index in [0.29, 0.717) is 39.5 Å². The molecule has 0 aromatic heterocycles. The summed E-state index contributed by atoms with van der Waals surface area (Å²) in [5, 5.41) is 14.5. The molecule has 5 aromatic rings. The average molecular weight is 830 g/mol. The molecule has 3 saturated heterocycles. The molecule has 0 radical (unpaired) electrons. The summed E-state index contributed by atoms with van der Waals surface area (Å²) >= 11 is 0. The average Bonchev–Trinajstić information content (AvgIpc) is 3.63. The third kappa shape index (κ3) is 11.6. The van der Waals surface area contributed by atoms with Crippen LogP contribution in [0.4, 0.5) is 0 Å². The molecular weight excluding hydrogens is 771 g/mol. The first-order valence-electron chi connectivity index (χ1n) is 21.5. The van der Waals surface area contributed by atoms with Crippen LogP contribution in [-0.4, -0.2) is 85.0 Å². The highest BCUT2D eigenvalue weighted by molar-refractivity contribution is 5.18. The number of benzene rings is 5. The lowest BCUT2D eigenvalue weighted by Crippen LogP contribution is -2.68. The van der Waals surface area contributed by atoms with Crippen LogP contribution in [0.1, 0.15) is 48.1 Å². The molecule has 8 rings (SSSR count). The maximum Gasteiger partial charge on any atom is 0.163 e. The summed E-state index contributed by atoms with van der Waals surface area (Å²) in [5.74, 6) is -0.864. The SMILES string of the molecule is CC1(C)O[C@@H]2[C@@H](OCc3ccccc3)[C@H](C[C@H]3O[C@H](COCc4ccccc4)[C@@H](OCc4ccccc4)[C@H](OCc4ccccc4)[C@@H]3OCc3ccccc3)N[C@H](CO)[C@@H]2O1. The Kier molecular flexibility index (Phi) is 15.1. The Hall–Kier alpha value is -4.30. The molecule has 0 spiro atoms. The van der Waals surface area contributed by atoms with Gasteiger partial charge in [0.2, 0.25) is 0 Å². The zero-order valence-electron chi connectivity index (χ0n) is 35.1. The monoisotopic (exact) mass is 829 g/mol. The van der Waals surface area contributed by atoms with Crippen LogP contribution >= 0.6 is 0 Å². The number of piperidine rings is 1. The molecule has 5 aromatic carbocycles. The highest BCUT2D eigenvalue weighted by atomic mass is 16.8. The van der Waals surface area contributed by atoms with Crippen LogP contribution in [0.3, 0.4) is 0 Å². The van der Waals surface area contributed by atoms with E-state index >= 15 is 0 Å². The molecule has 0 aliphatic carbocycles. The minimum absolute atomic E-state index is 0.143. The van der Waals surface area contributed by atoms with E-state index in [-0.39, 0.29) is 19.3 Å². The van der Waals surface area contributed by atoms with Gasteiger partial charge >= 0.3 is 0 Å². The van der Waals surface area contributed by atoms with Crippen molar-refractivity contribution in [2.75, 3.05) is 13.2 Å². The minimum Gasteiger partial charge on any atom is -0.395 e. The Bertz CT molecular complexity index is 2010. The van der Waals surface area contributed by atoms with Crippen molar-refractivity contribution in [3.05, 3.63) is 179 Å². The first kappa shape index (κ1) is 43.4. The second kappa shape index (κ2) is 21.2. The number of aliphatic hydroxyl groups excluding tert-OH is 1. The van der Waals surface area contributed by atoms with Gasteiger partial charge in [0.05, 0.1) is 58.4 Å². The number of fused-ring (bicyclic) bond motifs is 1. The molecular formula is C51H59NO9. The lowest BCUT2D eigenvalue weighted by atomic mass is 9.84. The maximum atomic E-state index is 10.8. The van der Waals surface area contributed by atoms with Gasteiger partial charge in [-0.05, 0) is 48.1 Å². The first-order chi connectivity index (χ1) is 29.9. The van der Waals surface area contributed by atoms with Crippen LogP contribution in [0.15, 0.2) is 152 Å². The van der Waals surface area contributed by atoms with Crippen molar-refractivity contribution in [3.8, 4) is 0 Å². The molecule has 0 unspecified atom stereocenters. The molecule has 3 fully saturated rings. The molecule has 10 heteroatoms. The van der Waals surface area contributed by atoms with E-state index in [1.807, 2.05) is 105 Å². The Morgan fingerprint density at radius 3 is 1.33 bits per heavy atom. The van der Waals surface area contributed by atoms with Gasteiger partial charge in [-0.15, -0.1) is 0 Å². The third-order valence-electron chi connectivity index (χ3n) is 11.7. The van der Waals surface area contributed by atoms with Crippen molar-refractivity contribution in [3.63, 3.8) is 0 Å². The second-order valence-corrected chi connectivity index (χ2v) is 16.6. The normalized spacial score (nSPS) is 28.3. The molecule has 2 N–H and O–H groups in total. The molecule has 3 aliphatic heterocycles. The Morgan fingerprint density at radius 2 is 0.869 bits per heavy atom. The fourth-order valence-electron chi connectivity index (χ4n) is 8.74. The number of aliphatic hydroxyl groups is 1. The van der Waals surface area contributed by atoms with Crippen molar-refractivity contribution >= 4 is 0 Å². The summed E-state index contributed by atoms with van der Waals surface area (Å²) in [5.41, 5.74) is 5.20. The van der Waals surface area contributed by atoms with E-state index in [1.54, 1.807) is 0 Å². The molecule has 0 bridgehead atoms. The largest absolute Gasteiger partial charge is 0.395 e. The summed E-state index contributed by atoms with van der Waals surface area (Å²) in [6.07, 6.45) is -3.69. The molecule has 61 heavy (non-hydrogen) atoms. The fraction of sp³-hybridized carbons (Fsp3) is 0.412. The van der Waals surface area contributed by atoms with E-state index in [1.165, 1.54) is 0 Å². The Morgan fingerprint density at radius 1 is 0.475 bits per heavy atom. The van der Waals surface area contributed by atoms with E-state index in [2.05, 4.69) is 66.0 Å². The van der Waals surface area contributed by atoms with Crippen LogP contribution in [0.2, 0.25) is 0 Å². The van der Waals surface area contributed by atoms with Crippen LogP contribution in [0.25, 0.3) is 0 Å². The zero-order chi connectivity index (χ0) is 41.9. The third-order valence-corrected chi connectivity index (χ3v) is 11.7. The van der Waals surface area contributed by atoms with Crippen LogP contribution in [0, 0.1) is 0 Å². The predicted octanol–water partition coefficient (Wildman–Crippen LogP) is 7.56. The number of nitrogens with one attached hydrogen (secondary N) is 1. The Labute approximate surface area is 360 Å². The van der Waals surface area contributed by atoms with Gasteiger partial charge in [-0.3, -0.25) is 0 Å². The minimum atomic E-state index is -0.864. The Balaban J connectivity index is 1.14. The molecule has 0 saturated carbocycles. The molecule has 3 heterocycles. The summed E-state index contributed by atoms with van der Waals surface area (Å²) in [6, 6.07) is 50.0.